The van der Waals surface area contributed by atoms with Gasteiger partial charge in [-0.2, -0.15) is 0 Å². The number of rotatable bonds is 4. The number of alkyl halides is 1. The maximum absolute atomic E-state index is 12.6. The van der Waals surface area contributed by atoms with Crippen molar-refractivity contribution in [2.24, 2.45) is 0 Å². The van der Waals surface area contributed by atoms with Crippen LogP contribution in [0.15, 0.2) is 45.6 Å². The lowest BCUT2D eigenvalue weighted by Gasteiger charge is -2.10. The van der Waals surface area contributed by atoms with Crippen LogP contribution in [0.2, 0.25) is 5.02 Å². The molecule has 0 fully saturated rings. The Balaban J connectivity index is 0.00000192. The van der Waals surface area contributed by atoms with Gasteiger partial charge in [-0.15, -0.1) is 24.0 Å². The highest BCUT2D eigenvalue weighted by atomic mass is 35.5. The Morgan fingerprint density at radius 3 is 2.65 bits per heavy atom. The molecule has 2 aromatic carbocycles. The third-order valence-corrected chi connectivity index (χ3v) is 4.28. The molecule has 1 unspecified atom stereocenters. The van der Waals surface area contributed by atoms with E-state index in [2.05, 4.69) is 5.32 Å². The third-order valence-electron chi connectivity index (χ3n) is 3.58. The van der Waals surface area contributed by atoms with E-state index in [1.54, 1.807) is 18.2 Å². The van der Waals surface area contributed by atoms with Crippen molar-refractivity contribution in [2.75, 3.05) is 5.88 Å². The second-order valence-electron chi connectivity index (χ2n) is 5.34. The van der Waals surface area contributed by atoms with E-state index in [4.69, 9.17) is 27.6 Å². The first-order chi connectivity index (χ1) is 10.6. The zero-order valence-electron chi connectivity index (χ0n) is 12.4. The molecule has 3 rings (SSSR count). The molecule has 122 valence electrons. The summed E-state index contributed by atoms with van der Waals surface area (Å²) in [6.45, 7) is 2.67. The monoisotopic (exact) mass is 371 g/mol. The van der Waals surface area contributed by atoms with E-state index in [0.29, 0.717) is 39.4 Å². The minimum absolute atomic E-state index is 0. The predicted octanol–water partition coefficient (Wildman–Crippen LogP) is 4.74. The molecular formula is C17H16Cl3NO2. The molecule has 0 aliphatic carbocycles. The molecular weight excluding hydrogens is 357 g/mol. The highest BCUT2D eigenvalue weighted by Gasteiger charge is 2.09. The number of hydrogen-bond acceptors (Lipinski definition) is 3. The SMILES string of the molecule is CC(CCl)NCc1ccc2oc3cc(Cl)ccc3c(=O)c2c1.Cl. The molecule has 1 atom stereocenters. The van der Waals surface area contributed by atoms with Gasteiger partial charge in [0, 0.05) is 29.6 Å². The van der Waals surface area contributed by atoms with Crippen LogP contribution in [0, 0.1) is 0 Å². The normalized spacial score (nSPS) is 12.3. The average Bonchev–Trinajstić information content (AvgIpc) is 2.52. The largest absolute Gasteiger partial charge is 0.456 e. The molecule has 0 saturated heterocycles. The van der Waals surface area contributed by atoms with E-state index in [0.717, 1.165) is 5.56 Å². The van der Waals surface area contributed by atoms with Gasteiger partial charge in [0.25, 0.3) is 0 Å². The van der Waals surface area contributed by atoms with Crippen LogP contribution in [-0.4, -0.2) is 11.9 Å². The highest BCUT2D eigenvalue weighted by molar-refractivity contribution is 6.31. The van der Waals surface area contributed by atoms with Gasteiger partial charge < -0.3 is 9.73 Å². The van der Waals surface area contributed by atoms with Gasteiger partial charge in [-0.25, -0.2) is 0 Å². The number of hydrogen-bond donors (Lipinski definition) is 1. The summed E-state index contributed by atoms with van der Waals surface area (Å²) in [4.78, 5) is 12.6. The summed E-state index contributed by atoms with van der Waals surface area (Å²) >= 11 is 11.7. The van der Waals surface area contributed by atoms with Gasteiger partial charge in [0.1, 0.15) is 11.2 Å². The van der Waals surface area contributed by atoms with Gasteiger partial charge in [0.2, 0.25) is 5.43 Å². The summed E-state index contributed by atoms with van der Waals surface area (Å²) in [6.07, 6.45) is 0. The molecule has 0 aliphatic heterocycles. The van der Waals surface area contributed by atoms with Gasteiger partial charge in [0.15, 0.2) is 0 Å². The van der Waals surface area contributed by atoms with Crippen LogP contribution in [0.5, 0.6) is 0 Å². The van der Waals surface area contributed by atoms with Crippen molar-refractivity contribution in [1.29, 1.82) is 0 Å². The number of halogens is 3. The minimum Gasteiger partial charge on any atom is -0.456 e. The van der Waals surface area contributed by atoms with Crippen LogP contribution in [0.4, 0.5) is 0 Å². The van der Waals surface area contributed by atoms with Crippen molar-refractivity contribution in [3.63, 3.8) is 0 Å². The minimum atomic E-state index is -0.0415. The van der Waals surface area contributed by atoms with Crippen LogP contribution < -0.4 is 10.7 Å². The van der Waals surface area contributed by atoms with Crippen molar-refractivity contribution in [3.05, 3.63) is 57.2 Å². The summed E-state index contributed by atoms with van der Waals surface area (Å²) in [5.74, 6) is 0.543. The summed E-state index contributed by atoms with van der Waals surface area (Å²) in [5, 5.41) is 4.96. The van der Waals surface area contributed by atoms with Crippen LogP contribution >= 0.6 is 35.6 Å². The Bertz CT molecular complexity index is 892. The molecule has 0 aliphatic rings. The molecule has 0 radical (unpaired) electrons. The molecule has 3 aromatic rings. The lowest BCUT2D eigenvalue weighted by atomic mass is 10.1. The van der Waals surface area contributed by atoms with E-state index >= 15 is 0 Å². The Kier molecular flexibility index (Phi) is 5.93. The Labute approximate surface area is 150 Å². The van der Waals surface area contributed by atoms with E-state index in [-0.39, 0.29) is 23.9 Å². The van der Waals surface area contributed by atoms with Crippen molar-refractivity contribution in [2.45, 2.75) is 19.5 Å². The van der Waals surface area contributed by atoms with Crippen LogP contribution in [0.25, 0.3) is 21.9 Å². The lowest BCUT2D eigenvalue weighted by Crippen LogP contribution is -2.26. The Morgan fingerprint density at radius 1 is 1.13 bits per heavy atom. The molecule has 0 saturated carbocycles. The van der Waals surface area contributed by atoms with Gasteiger partial charge in [0.05, 0.1) is 10.8 Å². The van der Waals surface area contributed by atoms with E-state index in [1.807, 2.05) is 25.1 Å². The van der Waals surface area contributed by atoms with Crippen LogP contribution in [0.3, 0.4) is 0 Å². The van der Waals surface area contributed by atoms with Gasteiger partial charge in [-0.05, 0) is 36.8 Å². The summed E-state index contributed by atoms with van der Waals surface area (Å²) in [7, 11) is 0. The van der Waals surface area contributed by atoms with E-state index in [1.165, 1.54) is 0 Å². The van der Waals surface area contributed by atoms with E-state index in [9.17, 15) is 4.79 Å². The quantitative estimate of drug-likeness (QED) is 0.531. The van der Waals surface area contributed by atoms with Gasteiger partial charge >= 0.3 is 0 Å². The fourth-order valence-electron chi connectivity index (χ4n) is 2.33. The first-order valence-electron chi connectivity index (χ1n) is 7.03. The van der Waals surface area contributed by atoms with Crippen molar-refractivity contribution in [1.82, 2.24) is 5.32 Å². The molecule has 23 heavy (non-hydrogen) atoms. The number of fused-ring (bicyclic) bond motifs is 2. The fraction of sp³-hybridized carbons (Fsp3) is 0.235. The summed E-state index contributed by atoms with van der Waals surface area (Å²) in [5.41, 5.74) is 2.05. The van der Waals surface area contributed by atoms with Crippen molar-refractivity contribution in [3.8, 4) is 0 Å². The second-order valence-corrected chi connectivity index (χ2v) is 6.08. The Morgan fingerprint density at radius 2 is 1.91 bits per heavy atom. The zero-order chi connectivity index (χ0) is 15.7. The van der Waals surface area contributed by atoms with Crippen molar-refractivity contribution >= 4 is 57.5 Å². The summed E-state index contributed by atoms with van der Waals surface area (Å²) in [6, 6.07) is 10.9. The molecule has 0 bridgehead atoms. The first-order valence-corrected chi connectivity index (χ1v) is 7.94. The molecule has 0 spiro atoms. The average molecular weight is 373 g/mol. The maximum Gasteiger partial charge on any atom is 0.200 e. The highest BCUT2D eigenvalue weighted by Crippen LogP contribution is 2.22. The maximum atomic E-state index is 12.6. The lowest BCUT2D eigenvalue weighted by molar-refractivity contribution is 0.593. The number of benzene rings is 2. The van der Waals surface area contributed by atoms with Crippen LogP contribution in [-0.2, 0) is 6.54 Å². The first kappa shape index (κ1) is 18.1. The van der Waals surface area contributed by atoms with Crippen LogP contribution in [0.1, 0.15) is 12.5 Å². The second kappa shape index (κ2) is 7.54. The smallest absolute Gasteiger partial charge is 0.200 e. The molecule has 1 aromatic heterocycles. The molecule has 0 amide bonds. The topological polar surface area (TPSA) is 42.2 Å². The van der Waals surface area contributed by atoms with Gasteiger partial charge in [-0.3, -0.25) is 4.79 Å². The Hall–Kier alpha value is -1.26. The molecule has 1 N–H and O–H groups in total. The van der Waals surface area contributed by atoms with E-state index < -0.39 is 0 Å². The number of nitrogens with one attached hydrogen (secondary N) is 1. The zero-order valence-corrected chi connectivity index (χ0v) is 14.8. The molecule has 1 heterocycles. The van der Waals surface area contributed by atoms with Crippen molar-refractivity contribution < 1.29 is 4.42 Å². The third kappa shape index (κ3) is 3.81. The standard InChI is InChI=1S/C17H15Cl2NO2.ClH/c1-10(8-18)20-9-11-2-5-15-14(6-11)17(21)13-4-3-12(19)7-16(13)22-15;/h2-7,10,20H,8-9H2,1H3;1H. The molecule has 3 nitrogen and oxygen atoms in total. The van der Waals surface area contributed by atoms with Gasteiger partial charge in [-0.1, -0.05) is 17.7 Å². The summed E-state index contributed by atoms with van der Waals surface area (Å²) < 4.78 is 5.78. The molecule has 6 heteroatoms. The fourth-order valence-corrected chi connectivity index (χ4v) is 2.60. The predicted molar refractivity (Wildman–Crippen MR) is 99.3 cm³/mol.